The van der Waals surface area contributed by atoms with E-state index in [0.29, 0.717) is 12.4 Å². The third-order valence-electron chi connectivity index (χ3n) is 2.10. The molecule has 0 bridgehead atoms. The fraction of sp³-hybridized carbons (Fsp3) is 0.545. The number of carbonyl (C=O) groups excluding carboxylic acids is 1. The summed E-state index contributed by atoms with van der Waals surface area (Å²) in [6, 6.07) is 1.87. The zero-order valence-electron chi connectivity index (χ0n) is 10.3. The molecule has 0 saturated carbocycles. The van der Waals surface area contributed by atoms with E-state index >= 15 is 0 Å². The first kappa shape index (κ1) is 13.7. The lowest BCUT2D eigenvalue weighted by Gasteiger charge is -2.21. The van der Waals surface area contributed by atoms with Gasteiger partial charge in [0.05, 0.1) is 6.54 Å². The van der Waals surface area contributed by atoms with E-state index in [1.54, 1.807) is 12.3 Å². The number of rotatable bonds is 5. The molecule has 0 aromatic carbocycles. The fourth-order valence-electron chi connectivity index (χ4n) is 1.40. The minimum absolute atomic E-state index is 0.0309. The molecule has 0 aliphatic carbocycles. The van der Waals surface area contributed by atoms with Crippen molar-refractivity contribution in [1.82, 2.24) is 15.3 Å². The van der Waals surface area contributed by atoms with Gasteiger partial charge in [-0.05, 0) is 38.4 Å². The smallest absolute Gasteiger partial charge is 0.239 e. The van der Waals surface area contributed by atoms with E-state index in [9.17, 15) is 4.79 Å². The number of likely N-dealkylation sites (N-methyl/N-ethyl adjacent to an activating group) is 1. The van der Waals surface area contributed by atoms with Gasteiger partial charge in [-0.2, -0.15) is 0 Å². The molecule has 0 fully saturated rings. The molecule has 1 amide bonds. The van der Waals surface area contributed by atoms with Crippen molar-refractivity contribution in [3.05, 3.63) is 17.5 Å². The largest absolute Gasteiger partial charge is 0.352 e. The molecule has 0 aliphatic rings. The van der Waals surface area contributed by atoms with E-state index in [-0.39, 0.29) is 23.8 Å². The van der Waals surface area contributed by atoms with Crippen LogP contribution in [0.3, 0.4) is 0 Å². The highest BCUT2D eigenvalue weighted by Crippen LogP contribution is 2.11. The summed E-state index contributed by atoms with van der Waals surface area (Å²) in [5.41, 5.74) is 0. The Labute approximate surface area is 106 Å². The monoisotopic (exact) mass is 256 g/mol. The second kappa shape index (κ2) is 6.39. The van der Waals surface area contributed by atoms with E-state index in [2.05, 4.69) is 15.3 Å². The van der Waals surface area contributed by atoms with Crippen LogP contribution in [0.1, 0.15) is 20.8 Å². The summed E-state index contributed by atoms with van der Waals surface area (Å²) >= 11 is 5.72. The van der Waals surface area contributed by atoms with Crippen molar-refractivity contribution in [3.8, 4) is 0 Å². The summed E-state index contributed by atoms with van der Waals surface area (Å²) in [5.74, 6) is 0.628. The molecular formula is C11H17ClN4O. The number of hydrogen-bond donors (Lipinski definition) is 1. The van der Waals surface area contributed by atoms with Crippen LogP contribution in [0, 0.1) is 0 Å². The van der Waals surface area contributed by atoms with Gasteiger partial charge in [0.2, 0.25) is 11.2 Å². The van der Waals surface area contributed by atoms with Gasteiger partial charge in [-0.15, -0.1) is 0 Å². The normalized spacial score (nSPS) is 10.4. The number of amides is 1. The van der Waals surface area contributed by atoms with Gasteiger partial charge in [0, 0.05) is 18.8 Å². The van der Waals surface area contributed by atoms with E-state index in [4.69, 9.17) is 11.6 Å². The first-order valence-corrected chi connectivity index (χ1v) is 5.93. The molecule has 0 unspecified atom stereocenters. The lowest BCUT2D eigenvalue weighted by molar-refractivity contribution is -0.120. The molecule has 1 N–H and O–H groups in total. The van der Waals surface area contributed by atoms with Crippen molar-refractivity contribution in [1.29, 1.82) is 0 Å². The maximum absolute atomic E-state index is 11.7. The average molecular weight is 257 g/mol. The molecule has 1 rings (SSSR count). The van der Waals surface area contributed by atoms with Crippen LogP contribution in [0.2, 0.25) is 5.28 Å². The number of aromatic nitrogens is 2. The summed E-state index contributed by atoms with van der Waals surface area (Å²) in [4.78, 5) is 21.4. The predicted molar refractivity (Wildman–Crippen MR) is 68.2 cm³/mol. The molecule has 0 atom stereocenters. The predicted octanol–water partition coefficient (Wildman–Crippen LogP) is 1.48. The first-order valence-electron chi connectivity index (χ1n) is 5.55. The Bertz CT molecular complexity index is 383. The van der Waals surface area contributed by atoms with E-state index < -0.39 is 0 Å². The van der Waals surface area contributed by atoms with Gasteiger partial charge in [0.25, 0.3) is 0 Å². The van der Waals surface area contributed by atoms with Gasteiger partial charge in [0.1, 0.15) is 5.82 Å². The van der Waals surface area contributed by atoms with Crippen LogP contribution in [0.15, 0.2) is 12.3 Å². The van der Waals surface area contributed by atoms with Gasteiger partial charge >= 0.3 is 0 Å². The van der Waals surface area contributed by atoms with Gasteiger partial charge in [-0.25, -0.2) is 9.97 Å². The number of anilines is 1. The van der Waals surface area contributed by atoms with Crippen molar-refractivity contribution < 1.29 is 4.79 Å². The number of nitrogens with zero attached hydrogens (tertiary/aromatic N) is 3. The fourth-order valence-corrected chi connectivity index (χ4v) is 1.54. The quantitative estimate of drug-likeness (QED) is 0.811. The Morgan fingerprint density at radius 2 is 2.29 bits per heavy atom. The maximum Gasteiger partial charge on any atom is 0.239 e. The topological polar surface area (TPSA) is 58.1 Å². The highest BCUT2D eigenvalue weighted by molar-refractivity contribution is 6.28. The van der Waals surface area contributed by atoms with Gasteiger partial charge in [-0.1, -0.05) is 0 Å². The average Bonchev–Trinajstić information content (AvgIpc) is 2.24. The molecule has 1 heterocycles. The number of nitrogens with one attached hydrogen (secondary N) is 1. The third-order valence-corrected chi connectivity index (χ3v) is 2.28. The van der Waals surface area contributed by atoms with Gasteiger partial charge in [0.15, 0.2) is 0 Å². The molecule has 0 spiro atoms. The Morgan fingerprint density at radius 1 is 1.59 bits per heavy atom. The lowest BCUT2D eigenvalue weighted by Crippen LogP contribution is -2.40. The Hall–Kier alpha value is -1.36. The molecule has 94 valence electrons. The summed E-state index contributed by atoms with van der Waals surface area (Å²) in [6.45, 7) is 6.75. The molecular weight excluding hydrogens is 240 g/mol. The summed E-state index contributed by atoms with van der Waals surface area (Å²) < 4.78 is 0. The minimum atomic E-state index is -0.0309. The Morgan fingerprint density at radius 3 is 2.82 bits per heavy atom. The van der Waals surface area contributed by atoms with Gasteiger partial charge < -0.3 is 10.2 Å². The van der Waals surface area contributed by atoms with E-state index in [1.807, 2.05) is 25.7 Å². The van der Waals surface area contributed by atoms with Crippen LogP contribution >= 0.6 is 11.6 Å². The zero-order chi connectivity index (χ0) is 12.8. The van der Waals surface area contributed by atoms with E-state index in [1.165, 1.54) is 0 Å². The molecule has 17 heavy (non-hydrogen) atoms. The van der Waals surface area contributed by atoms with Crippen molar-refractivity contribution >= 4 is 23.3 Å². The summed E-state index contributed by atoms with van der Waals surface area (Å²) in [7, 11) is 0. The summed E-state index contributed by atoms with van der Waals surface area (Å²) in [5, 5.41) is 3.02. The molecule has 0 radical (unpaired) electrons. The molecule has 5 nitrogen and oxygen atoms in total. The highest BCUT2D eigenvalue weighted by atomic mass is 35.5. The lowest BCUT2D eigenvalue weighted by atomic mass is 10.3. The van der Waals surface area contributed by atoms with Crippen LogP contribution < -0.4 is 10.2 Å². The second-order valence-corrected chi connectivity index (χ2v) is 4.26. The highest BCUT2D eigenvalue weighted by Gasteiger charge is 2.12. The molecule has 0 saturated heterocycles. The van der Waals surface area contributed by atoms with E-state index in [0.717, 1.165) is 0 Å². The zero-order valence-corrected chi connectivity index (χ0v) is 11.0. The van der Waals surface area contributed by atoms with Crippen LogP contribution in [0.5, 0.6) is 0 Å². The Balaban J connectivity index is 2.69. The third kappa shape index (κ3) is 4.56. The standard InChI is InChI=1S/C11H17ClN4O/c1-4-16(7-10(17)14-8(2)3)9-5-6-13-11(12)15-9/h5-6,8H,4,7H2,1-3H3,(H,14,17). The number of carbonyl (C=O) groups is 1. The maximum atomic E-state index is 11.7. The van der Waals surface area contributed by atoms with Crippen LogP contribution in [-0.2, 0) is 4.79 Å². The molecule has 1 aromatic rings. The van der Waals surface area contributed by atoms with Crippen LogP contribution in [-0.4, -0.2) is 35.0 Å². The Kier molecular flexibility index (Phi) is 5.15. The second-order valence-electron chi connectivity index (χ2n) is 3.92. The van der Waals surface area contributed by atoms with Crippen LogP contribution in [0.25, 0.3) is 0 Å². The number of hydrogen-bond acceptors (Lipinski definition) is 4. The minimum Gasteiger partial charge on any atom is -0.352 e. The molecule has 0 aliphatic heterocycles. The number of halogens is 1. The van der Waals surface area contributed by atoms with Gasteiger partial charge in [-0.3, -0.25) is 4.79 Å². The van der Waals surface area contributed by atoms with Crippen LogP contribution in [0.4, 0.5) is 5.82 Å². The van der Waals surface area contributed by atoms with Crippen molar-refractivity contribution in [2.24, 2.45) is 0 Å². The SMILES string of the molecule is CCN(CC(=O)NC(C)C)c1ccnc(Cl)n1. The summed E-state index contributed by atoms with van der Waals surface area (Å²) in [6.07, 6.45) is 1.58. The molecule has 6 heteroatoms. The van der Waals surface area contributed by atoms with Crippen molar-refractivity contribution in [2.75, 3.05) is 18.0 Å². The first-order chi connectivity index (χ1) is 8.02. The molecule has 1 aromatic heterocycles. The van der Waals surface area contributed by atoms with Crippen molar-refractivity contribution in [2.45, 2.75) is 26.8 Å². The van der Waals surface area contributed by atoms with Crippen molar-refractivity contribution in [3.63, 3.8) is 0 Å².